The molecule has 1 heterocycles. The minimum Gasteiger partial charge on any atom is -0.469 e. The number of carbonyl (C=O) groups excluding carboxylic acids is 1. The second-order valence-electron chi connectivity index (χ2n) is 4.71. The highest BCUT2D eigenvalue weighted by molar-refractivity contribution is 5.85. The normalized spacial score (nSPS) is 11.7. The van der Waals surface area contributed by atoms with Crippen molar-refractivity contribution in [3.8, 4) is 0 Å². The van der Waals surface area contributed by atoms with Crippen molar-refractivity contribution >= 4 is 16.9 Å². The Morgan fingerprint density at radius 1 is 1.33 bits per heavy atom. The van der Waals surface area contributed by atoms with Gasteiger partial charge in [0.05, 0.1) is 24.6 Å². The van der Waals surface area contributed by atoms with Gasteiger partial charge in [0.15, 0.2) is 0 Å². The number of methoxy groups -OCH3 is 1. The van der Waals surface area contributed by atoms with E-state index in [1.807, 2.05) is 0 Å². The Hall–Kier alpha value is -2.11. The number of ether oxygens (including phenoxy) is 1. The van der Waals surface area contributed by atoms with Crippen molar-refractivity contribution in [1.29, 1.82) is 0 Å². The number of alkyl halides is 3. The van der Waals surface area contributed by atoms with Crippen LogP contribution in [0.2, 0.25) is 0 Å². The maximum Gasteiger partial charge on any atom is 0.418 e. The maximum atomic E-state index is 13.0. The van der Waals surface area contributed by atoms with Gasteiger partial charge in [0.2, 0.25) is 0 Å². The largest absolute Gasteiger partial charge is 0.469 e. The molecule has 0 N–H and O–H groups in total. The molecule has 2 rings (SSSR count). The van der Waals surface area contributed by atoms with Gasteiger partial charge in [0.1, 0.15) is 0 Å². The number of carbonyl (C=O) groups is 1. The zero-order valence-corrected chi connectivity index (χ0v) is 11.6. The molecule has 6 heteroatoms. The van der Waals surface area contributed by atoms with Crippen LogP contribution in [-0.2, 0) is 22.1 Å². The van der Waals surface area contributed by atoms with Gasteiger partial charge in [0, 0.05) is 17.5 Å². The van der Waals surface area contributed by atoms with Crippen LogP contribution < -0.4 is 0 Å². The number of benzene rings is 1. The molecule has 1 aromatic heterocycles. The lowest BCUT2D eigenvalue weighted by Gasteiger charge is -2.12. The number of rotatable bonds is 3. The molecule has 0 spiro atoms. The summed E-state index contributed by atoms with van der Waals surface area (Å²) in [5, 5.41) is 0.464. The third kappa shape index (κ3) is 3.32. The molecule has 0 atom stereocenters. The highest BCUT2D eigenvalue weighted by Crippen LogP contribution is 2.34. The molecule has 112 valence electrons. The summed E-state index contributed by atoms with van der Waals surface area (Å²) >= 11 is 0. The number of para-hydroxylation sites is 1. The average Bonchev–Trinajstić information content (AvgIpc) is 2.43. The van der Waals surface area contributed by atoms with E-state index in [0.29, 0.717) is 16.6 Å². The third-order valence-electron chi connectivity index (χ3n) is 3.22. The van der Waals surface area contributed by atoms with Crippen molar-refractivity contribution in [1.82, 2.24) is 4.98 Å². The fourth-order valence-corrected chi connectivity index (χ4v) is 2.17. The van der Waals surface area contributed by atoms with Crippen molar-refractivity contribution in [2.45, 2.75) is 25.9 Å². The highest BCUT2D eigenvalue weighted by Gasteiger charge is 2.33. The number of aromatic nitrogens is 1. The van der Waals surface area contributed by atoms with Crippen LogP contribution in [-0.4, -0.2) is 18.1 Å². The molecule has 0 saturated heterocycles. The van der Waals surface area contributed by atoms with Gasteiger partial charge >= 0.3 is 12.1 Å². The van der Waals surface area contributed by atoms with E-state index in [1.165, 1.54) is 13.2 Å². The smallest absolute Gasteiger partial charge is 0.418 e. The fourth-order valence-electron chi connectivity index (χ4n) is 2.17. The summed E-state index contributed by atoms with van der Waals surface area (Å²) in [5.41, 5.74) is 0.306. The Morgan fingerprint density at radius 3 is 2.67 bits per heavy atom. The van der Waals surface area contributed by atoms with Crippen molar-refractivity contribution < 1.29 is 22.7 Å². The Labute approximate surface area is 119 Å². The minimum absolute atomic E-state index is 0.0788. The molecule has 0 bridgehead atoms. The second kappa shape index (κ2) is 5.71. The number of fused-ring (bicyclic) bond motifs is 1. The number of aryl methyl sites for hydroxylation is 2. The van der Waals surface area contributed by atoms with E-state index in [-0.39, 0.29) is 18.4 Å². The molecule has 0 saturated carbocycles. The summed E-state index contributed by atoms with van der Waals surface area (Å²) in [7, 11) is 1.27. The van der Waals surface area contributed by atoms with Crippen LogP contribution in [0.25, 0.3) is 10.9 Å². The van der Waals surface area contributed by atoms with Crippen LogP contribution in [0.15, 0.2) is 24.3 Å². The van der Waals surface area contributed by atoms with Gasteiger partial charge in [0.25, 0.3) is 0 Å². The van der Waals surface area contributed by atoms with Crippen molar-refractivity contribution in [3.05, 3.63) is 41.1 Å². The van der Waals surface area contributed by atoms with E-state index in [0.717, 1.165) is 6.07 Å². The zero-order valence-electron chi connectivity index (χ0n) is 11.6. The Kier molecular flexibility index (Phi) is 4.16. The fraction of sp³-hybridized carbons (Fsp3) is 0.333. The van der Waals surface area contributed by atoms with Crippen LogP contribution in [0.3, 0.4) is 0 Å². The first-order valence-corrected chi connectivity index (χ1v) is 6.36. The van der Waals surface area contributed by atoms with Crippen molar-refractivity contribution in [2.24, 2.45) is 0 Å². The van der Waals surface area contributed by atoms with Crippen LogP contribution in [0.4, 0.5) is 13.2 Å². The number of halogens is 3. The maximum absolute atomic E-state index is 13.0. The average molecular weight is 297 g/mol. The summed E-state index contributed by atoms with van der Waals surface area (Å²) in [4.78, 5) is 15.2. The van der Waals surface area contributed by atoms with Crippen LogP contribution in [0, 0.1) is 6.92 Å². The number of pyridine rings is 1. The van der Waals surface area contributed by atoms with Gasteiger partial charge in [-0.2, -0.15) is 13.2 Å². The summed E-state index contributed by atoms with van der Waals surface area (Å²) < 4.78 is 43.6. The van der Waals surface area contributed by atoms with E-state index in [1.54, 1.807) is 19.1 Å². The van der Waals surface area contributed by atoms with Gasteiger partial charge in [-0.25, -0.2) is 0 Å². The summed E-state index contributed by atoms with van der Waals surface area (Å²) in [6.45, 7) is 1.73. The molecule has 0 amide bonds. The summed E-state index contributed by atoms with van der Waals surface area (Å²) in [6.07, 6.45) is -4.13. The Balaban J connectivity index is 2.49. The zero-order chi connectivity index (χ0) is 15.6. The molecular formula is C15H14F3NO2. The standard InChI is InChI=1S/C15H14F3NO2/c1-9-8-10(6-7-13(20)21-2)19-14-11(9)4-3-5-12(14)15(16,17)18/h3-5,8H,6-7H2,1-2H3. The van der Waals surface area contributed by atoms with Gasteiger partial charge < -0.3 is 4.74 Å². The minimum atomic E-state index is -4.46. The Bertz CT molecular complexity index is 680. The van der Waals surface area contributed by atoms with Gasteiger partial charge in [-0.3, -0.25) is 9.78 Å². The topological polar surface area (TPSA) is 39.2 Å². The molecule has 0 aliphatic heterocycles. The van der Waals surface area contributed by atoms with Gasteiger partial charge in [-0.05, 0) is 24.6 Å². The summed E-state index contributed by atoms with van der Waals surface area (Å²) in [6, 6.07) is 5.69. The van der Waals surface area contributed by atoms with E-state index in [4.69, 9.17) is 0 Å². The molecule has 3 nitrogen and oxygen atoms in total. The van der Waals surface area contributed by atoms with Gasteiger partial charge in [-0.1, -0.05) is 12.1 Å². The SMILES string of the molecule is COC(=O)CCc1cc(C)c2cccc(C(F)(F)F)c2n1. The molecule has 2 aromatic rings. The number of hydrogen-bond donors (Lipinski definition) is 0. The Morgan fingerprint density at radius 2 is 2.05 bits per heavy atom. The first-order chi connectivity index (χ1) is 9.82. The van der Waals surface area contributed by atoms with E-state index in [9.17, 15) is 18.0 Å². The third-order valence-corrected chi connectivity index (χ3v) is 3.22. The lowest BCUT2D eigenvalue weighted by molar-refractivity contribution is -0.140. The molecule has 0 aliphatic carbocycles. The van der Waals surface area contributed by atoms with E-state index in [2.05, 4.69) is 9.72 Å². The number of esters is 1. The lowest BCUT2D eigenvalue weighted by atomic mass is 10.0. The molecule has 21 heavy (non-hydrogen) atoms. The molecular weight excluding hydrogens is 283 g/mol. The lowest BCUT2D eigenvalue weighted by Crippen LogP contribution is -2.08. The number of nitrogens with zero attached hydrogens (tertiary/aromatic N) is 1. The van der Waals surface area contributed by atoms with Crippen molar-refractivity contribution in [2.75, 3.05) is 7.11 Å². The molecule has 0 fully saturated rings. The molecule has 0 radical (unpaired) electrons. The van der Waals surface area contributed by atoms with Crippen LogP contribution in [0.5, 0.6) is 0 Å². The van der Waals surface area contributed by atoms with Crippen LogP contribution in [0.1, 0.15) is 23.2 Å². The van der Waals surface area contributed by atoms with Gasteiger partial charge in [-0.15, -0.1) is 0 Å². The van der Waals surface area contributed by atoms with E-state index < -0.39 is 17.7 Å². The summed E-state index contributed by atoms with van der Waals surface area (Å²) in [5.74, 6) is -0.418. The highest BCUT2D eigenvalue weighted by atomic mass is 19.4. The predicted octanol–water partition coefficient (Wildman–Crippen LogP) is 3.67. The number of hydrogen-bond acceptors (Lipinski definition) is 3. The monoisotopic (exact) mass is 297 g/mol. The quantitative estimate of drug-likeness (QED) is 0.811. The predicted molar refractivity (Wildman–Crippen MR) is 71.8 cm³/mol. The second-order valence-corrected chi connectivity index (χ2v) is 4.71. The van der Waals surface area contributed by atoms with E-state index >= 15 is 0 Å². The molecule has 1 aromatic carbocycles. The van der Waals surface area contributed by atoms with Crippen LogP contribution >= 0.6 is 0 Å². The molecule has 0 unspecified atom stereocenters. The molecule has 0 aliphatic rings. The first kappa shape index (κ1) is 15.3. The first-order valence-electron chi connectivity index (χ1n) is 6.36. The van der Waals surface area contributed by atoms with Crippen molar-refractivity contribution in [3.63, 3.8) is 0 Å².